The van der Waals surface area contributed by atoms with E-state index in [-0.39, 0.29) is 29.2 Å². The van der Waals surface area contributed by atoms with Gasteiger partial charge in [-0.2, -0.15) is 0 Å². The van der Waals surface area contributed by atoms with Crippen molar-refractivity contribution in [2.45, 2.75) is 79.4 Å². The van der Waals surface area contributed by atoms with E-state index in [9.17, 15) is 19.5 Å². The van der Waals surface area contributed by atoms with Crippen molar-refractivity contribution >= 4 is 23.5 Å². The minimum Gasteiger partial charge on any atom is -0.478 e. The van der Waals surface area contributed by atoms with Gasteiger partial charge >= 0.3 is 5.97 Å². The van der Waals surface area contributed by atoms with Gasteiger partial charge in [0.25, 0.3) is 0 Å². The number of nitrogens with zero attached hydrogens (tertiary/aromatic N) is 2. The normalized spacial score (nSPS) is 18.6. The largest absolute Gasteiger partial charge is 0.478 e. The molecule has 3 N–H and O–H groups in total. The van der Waals surface area contributed by atoms with Crippen molar-refractivity contribution < 1.29 is 19.5 Å². The van der Waals surface area contributed by atoms with Gasteiger partial charge < -0.3 is 25.5 Å². The minimum atomic E-state index is -1.02. The van der Waals surface area contributed by atoms with Crippen molar-refractivity contribution in [1.82, 2.24) is 15.5 Å². The maximum Gasteiger partial charge on any atom is 0.331 e. The molecule has 1 aromatic carbocycles. The van der Waals surface area contributed by atoms with E-state index >= 15 is 0 Å². The van der Waals surface area contributed by atoms with Gasteiger partial charge in [-0.1, -0.05) is 72.7 Å². The van der Waals surface area contributed by atoms with Crippen LogP contribution in [0, 0.1) is 16.7 Å². The number of para-hydroxylation sites is 1. The molecule has 0 bridgehead atoms. The van der Waals surface area contributed by atoms with Crippen LogP contribution in [-0.2, 0) is 14.4 Å². The van der Waals surface area contributed by atoms with Crippen molar-refractivity contribution in [3.05, 3.63) is 41.5 Å². The average molecular weight is 529 g/mol. The SMILES string of the molecule is CN[C@H](C(=O)N[C@H](C(=O)N(C)[C@H](C=C(C)C(=O)O)C(C)C)C(C)(C)C)C(C)(C)C1CN(C)c2ccccc21. The predicted octanol–water partition coefficient (Wildman–Crippen LogP) is 3.88. The van der Waals surface area contributed by atoms with Crippen LogP contribution < -0.4 is 15.5 Å². The second-order valence-electron chi connectivity index (χ2n) is 12.7. The molecular weight excluding hydrogens is 480 g/mol. The van der Waals surface area contributed by atoms with Crippen molar-refractivity contribution in [2.24, 2.45) is 16.7 Å². The zero-order valence-electron chi connectivity index (χ0n) is 25.0. The highest BCUT2D eigenvalue weighted by Gasteiger charge is 2.47. The number of likely N-dealkylation sites (N-methyl/N-ethyl adjacent to an activating group) is 3. The van der Waals surface area contributed by atoms with E-state index in [2.05, 4.69) is 48.6 Å². The molecule has 8 nitrogen and oxygen atoms in total. The Morgan fingerprint density at radius 1 is 1.11 bits per heavy atom. The van der Waals surface area contributed by atoms with Gasteiger partial charge in [0, 0.05) is 37.8 Å². The first-order valence-corrected chi connectivity index (χ1v) is 13.4. The molecule has 0 aromatic heterocycles. The second kappa shape index (κ2) is 11.9. The molecule has 2 rings (SSSR count). The van der Waals surface area contributed by atoms with E-state index in [1.54, 1.807) is 25.1 Å². The summed E-state index contributed by atoms with van der Waals surface area (Å²) >= 11 is 0. The molecule has 212 valence electrons. The third-order valence-electron chi connectivity index (χ3n) is 8.01. The Kier molecular flexibility index (Phi) is 9.81. The van der Waals surface area contributed by atoms with Gasteiger partial charge in [-0.15, -0.1) is 0 Å². The van der Waals surface area contributed by atoms with E-state index < -0.39 is 34.9 Å². The maximum absolute atomic E-state index is 13.9. The van der Waals surface area contributed by atoms with Crippen LogP contribution in [0.5, 0.6) is 0 Å². The van der Waals surface area contributed by atoms with Crippen LogP contribution in [0.15, 0.2) is 35.9 Å². The summed E-state index contributed by atoms with van der Waals surface area (Å²) in [6, 6.07) is 6.52. The Bertz CT molecular complexity index is 1060. The molecule has 38 heavy (non-hydrogen) atoms. The molecule has 4 atom stereocenters. The number of amides is 2. The zero-order chi connectivity index (χ0) is 29.2. The van der Waals surface area contributed by atoms with Gasteiger partial charge in [0.2, 0.25) is 11.8 Å². The summed E-state index contributed by atoms with van der Waals surface area (Å²) in [5.74, 6) is -1.40. The second-order valence-corrected chi connectivity index (χ2v) is 12.7. The molecule has 0 aliphatic carbocycles. The lowest BCUT2D eigenvalue weighted by Gasteiger charge is -2.41. The number of hydrogen-bond donors (Lipinski definition) is 3. The van der Waals surface area contributed by atoms with Gasteiger partial charge in [-0.05, 0) is 42.3 Å². The summed E-state index contributed by atoms with van der Waals surface area (Å²) in [5.41, 5.74) is 1.54. The third kappa shape index (κ3) is 6.57. The Morgan fingerprint density at radius 3 is 2.18 bits per heavy atom. The van der Waals surface area contributed by atoms with Crippen LogP contribution in [0.4, 0.5) is 5.69 Å². The summed E-state index contributed by atoms with van der Waals surface area (Å²) < 4.78 is 0. The molecule has 2 amide bonds. The Morgan fingerprint density at radius 2 is 1.68 bits per heavy atom. The monoisotopic (exact) mass is 528 g/mol. The van der Waals surface area contributed by atoms with Crippen LogP contribution >= 0.6 is 0 Å². The highest BCUT2D eigenvalue weighted by atomic mass is 16.4. The van der Waals surface area contributed by atoms with Crippen LogP contribution in [0.25, 0.3) is 0 Å². The Hall–Kier alpha value is -2.87. The number of carboxylic acids is 1. The zero-order valence-corrected chi connectivity index (χ0v) is 25.0. The molecule has 1 aliphatic heterocycles. The standard InChI is InChI=1S/C30H48N4O4/c1-18(2)23(16-19(3)28(37)38)34(11)27(36)25(29(4,5)6)32-26(35)24(31-9)30(7,8)21-17-33(10)22-15-13-12-14-20(21)22/h12-16,18,21,23-25,31H,17H2,1-11H3,(H,32,35)(H,37,38)/t21?,23-,24-,25-/m1/s1. The lowest BCUT2D eigenvalue weighted by molar-refractivity contribution is -0.141. The number of carboxylic acid groups (broad SMARTS) is 1. The Balaban J connectivity index is 2.37. The number of fused-ring (bicyclic) bond motifs is 1. The maximum atomic E-state index is 13.9. The fourth-order valence-corrected chi connectivity index (χ4v) is 5.58. The number of rotatable bonds is 10. The fourth-order valence-electron chi connectivity index (χ4n) is 5.58. The smallest absolute Gasteiger partial charge is 0.331 e. The average Bonchev–Trinajstić information content (AvgIpc) is 3.16. The van der Waals surface area contributed by atoms with Crippen molar-refractivity contribution in [3.8, 4) is 0 Å². The first kappa shape index (κ1) is 31.3. The van der Waals surface area contributed by atoms with Crippen LogP contribution in [-0.4, -0.2) is 73.6 Å². The molecule has 0 radical (unpaired) electrons. The number of hydrogen-bond acceptors (Lipinski definition) is 5. The first-order chi connectivity index (χ1) is 17.4. The van der Waals surface area contributed by atoms with Crippen LogP contribution in [0.3, 0.4) is 0 Å². The van der Waals surface area contributed by atoms with Crippen LogP contribution in [0.1, 0.15) is 66.9 Å². The molecule has 0 spiro atoms. The number of aliphatic carboxylic acids is 1. The molecule has 1 heterocycles. The number of anilines is 1. The van der Waals surface area contributed by atoms with Gasteiger partial charge in [0.05, 0.1) is 12.1 Å². The molecule has 0 saturated heterocycles. The summed E-state index contributed by atoms with van der Waals surface area (Å²) in [6.45, 7) is 16.2. The summed E-state index contributed by atoms with van der Waals surface area (Å²) in [7, 11) is 5.53. The fraction of sp³-hybridized carbons (Fsp3) is 0.633. The molecule has 0 fully saturated rings. The van der Waals surface area contributed by atoms with E-state index in [1.807, 2.05) is 46.8 Å². The van der Waals surface area contributed by atoms with Crippen molar-refractivity contribution in [2.75, 3.05) is 32.6 Å². The van der Waals surface area contributed by atoms with Gasteiger partial charge in [0.1, 0.15) is 6.04 Å². The third-order valence-corrected chi connectivity index (χ3v) is 8.01. The topological polar surface area (TPSA) is 102 Å². The molecule has 8 heteroatoms. The number of nitrogens with one attached hydrogen (secondary N) is 2. The quantitative estimate of drug-likeness (QED) is 0.399. The highest BCUT2D eigenvalue weighted by Crippen LogP contribution is 2.47. The molecule has 1 aromatic rings. The van der Waals surface area contributed by atoms with Crippen LogP contribution in [0.2, 0.25) is 0 Å². The predicted molar refractivity (Wildman–Crippen MR) is 153 cm³/mol. The van der Waals surface area contributed by atoms with Crippen molar-refractivity contribution in [1.29, 1.82) is 0 Å². The van der Waals surface area contributed by atoms with E-state index in [0.29, 0.717) is 0 Å². The van der Waals surface area contributed by atoms with E-state index in [1.165, 1.54) is 18.2 Å². The van der Waals surface area contributed by atoms with Crippen molar-refractivity contribution in [3.63, 3.8) is 0 Å². The summed E-state index contributed by atoms with van der Waals surface area (Å²) in [6.07, 6.45) is 1.61. The van der Waals surface area contributed by atoms with Gasteiger partial charge in [0.15, 0.2) is 0 Å². The lowest BCUT2D eigenvalue weighted by Crippen LogP contribution is -2.61. The van der Waals surface area contributed by atoms with Gasteiger partial charge in [-0.3, -0.25) is 9.59 Å². The van der Waals surface area contributed by atoms with Gasteiger partial charge in [-0.25, -0.2) is 4.79 Å². The van der Waals surface area contributed by atoms with E-state index in [0.717, 1.165) is 6.54 Å². The molecular formula is C30H48N4O4. The lowest BCUT2D eigenvalue weighted by atomic mass is 9.70. The molecule has 0 saturated carbocycles. The number of carbonyl (C=O) groups excluding carboxylic acids is 2. The molecule has 1 aliphatic rings. The highest BCUT2D eigenvalue weighted by molar-refractivity contribution is 5.91. The summed E-state index contributed by atoms with van der Waals surface area (Å²) in [5, 5.41) is 15.7. The number of benzene rings is 1. The summed E-state index contributed by atoms with van der Waals surface area (Å²) in [4.78, 5) is 43.0. The Labute approximate surface area is 228 Å². The molecule has 1 unspecified atom stereocenters. The first-order valence-electron chi connectivity index (χ1n) is 13.4. The number of carbonyl (C=O) groups is 3. The van der Waals surface area contributed by atoms with E-state index in [4.69, 9.17) is 0 Å². The minimum absolute atomic E-state index is 0.0158.